The van der Waals surface area contributed by atoms with Gasteiger partial charge in [-0.3, -0.25) is 19.3 Å². The molecule has 2 heterocycles. The number of benzene rings is 1. The lowest BCUT2D eigenvalue weighted by molar-refractivity contribution is -0.151. The van der Waals surface area contributed by atoms with Crippen LogP contribution in [-0.4, -0.2) is 46.7 Å². The van der Waals surface area contributed by atoms with Gasteiger partial charge in [0.2, 0.25) is 17.7 Å². The Hall–Kier alpha value is -2.40. The highest BCUT2D eigenvalue weighted by Gasteiger charge is 2.52. The van der Waals surface area contributed by atoms with Crippen molar-refractivity contribution in [3.63, 3.8) is 0 Å². The van der Waals surface area contributed by atoms with Crippen molar-refractivity contribution in [2.75, 3.05) is 13.1 Å². The Morgan fingerprint density at radius 2 is 1.58 bits per heavy atom. The number of allylic oxidation sites excluding steroid dienone is 2. The van der Waals surface area contributed by atoms with Crippen LogP contribution in [0.5, 0.6) is 0 Å². The summed E-state index contributed by atoms with van der Waals surface area (Å²) >= 11 is 5.84. The number of carbonyl (C=O) groups excluding carboxylic acids is 3. The number of nitrogens with zero attached hydrogens (tertiary/aromatic N) is 2. The van der Waals surface area contributed by atoms with E-state index in [0.717, 1.165) is 5.56 Å². The molecule has 0 spiro atoms. The van der Waals surface area contributed by atoms with Crippen LogP contribution in [0.25, 0.3) is 6.08 Å². The Labute approximate surface area is 156 Å². The zero-order valence-electron chi connectivity index (χ0n) is 14.2. The molecule has 3 amide bonds. The largest absolute Gasteiger partial charge is 0.335 e. The summed E-state index contributed by atoms with van der Waals surface area (Å²) in [7, 11) is 0. The summed E-state index contributed by atoms with van der Waals surface area (Å²) in [6.07, 6.45) is 8.49. The number of carbonyl (C=O) groups is 3. The molecule has 134 valence electrons. The third-order valence-corrected chi connectivity index (χ3v) is 5.62. The Balaban J connectivity index is 1.35. The van der Waals surface area contributed by atoms with Gasteiger partial charge in [0.15, 0.2) is 0 Å². The van der Waals surface area contributed by atoms with Crippen LogP contribution in [0.3, 0.4) is 0 Å². The number of likely N-dealkylation sites (tertiary alicyclic amines) is 2. The lowest BCUT2D eigenvalue weighted by Crippen LogP contribution is -2.62. The fourth-order valence-corrected chi connectivity index (χ4v) is 3.96. The van der Waals surface area contributed by atoms with E-state index in [0.29, 0.717) is 31.0 Å². The Morgan fingerprint density at radius 1 is 1.00 bits per heavy atom. The van der Waals surface area contributed by atoms with E-state index in [-0.39, 0.29) is 35.6 Å². The normalized spacial score (nSPS) is 25.7. The molecule has 6 heteroatoms. The zero-order valence-corrected chi connectivity index (χ0v) is 14.9. The average molecular weight is 371 g/mol. The average Bonchev–Trinajstić information content (AvgIpc) is 2.86. The lowest BCUT2D eigenvalue weighted by atomic mass is 9.85. The number of hydrogen-bond donors (Lipinski definition) is 0. The van der Waals surface area contributed by atoms with Gasteiger partial charge >= 0.3 is 0 Å². The van der Waals surface area contributed by atoms with Crippen molar-refractivity contribution in [3.8, 4) is 0 Å². The summed E-state index contributed by atoms with van der Waals surface area (Å²) in [5.74, 6) is -0.671. The van der Waals surface area contributed by atoms with Crippen molar-refractivity contribution in [3.05, 3.63) is 53.1 Å². The maximum Gasteiger partial charge on any atom is 0.246 e. The second-order valence-electron chi connectivity index (χ2n) is 6.98. The molecule has 5 nitrogen and oxygen atoms in total. The number of amides is 3. The molecular weight excluding hydrogens is 352 g/mol. The molecule has 0 saturated carbocycles. The summed E-state index contributed by atoms with van der Waals surface area (Å²) < 4.78 is 0. The summed E-state index contributed by atoms with van der Waals surface area (Å²) in [5, 5.41) is 0.648. The summed E-state index contributed by atoms with van der Waals surface area (Å²) in [6, 6.07) is 7.02. The van der Waals surface area contributed by atoms with E-state index in [4.69, 9.17) is 11.6 Å². The predicted octanol–water partition coefficient (Wildman–Crippen LogP) is 2.52. The van der Waals surface area contributed by atoms with Crippen molar-refractivity contribution in [1.82, 2.24) is 9.80 Å². The van der Waals surface area contributed by atoms with Gasteiger partial charge in [-0.25, -0.2) is 0 Å². The molecular formula is C20H19ClN2O3. The first-order valence-electron chi connectivity index (χ1n) is 8.79. The monoisotopic (exact) mass is 370 g/mol. The zero-order chi connectivity index (χ0) is 18.3. The molecule has 1 aromatic carbocycles. The molecule has 0 radical (unpaired) electrons. The van der Waals surface area contributed by atoms with E-state index in [9.17, 15) is 14.4 Å². The van der Waals surface area contributed by atoms with Crippen LogP contribution in [-0.2, 0) is 14.4 Å². The van der Waals surface area contributed by atoms with E-state index in [1.54, 1.807) is 23.1 Å². The van der Waals surface area contributed by atoms with Crippen LogP contribution >= 0.6 is 11.6 Å². The molecule has 2 saturated heterocycles. The Bertz CT molecular complexity index is 783. The Kier molecular flexibility index (Phi) is 4.41. The van der Waals surface area contributed by atoms with Crippen LogP contribution in [0.2, 0.25) is 5.02 Å². The third kappa shape index (κ3) is 2.97. The molecule has 3 aliphatic rings. The van der Waals surface area contributed by atoms with Gasteiger partial charge in [0.1, 0.15) is 0 Å². The number of imide groups is 1. The molecule has 2 fully saturated rings. The number of halogens is 1. The first-order chi connectivity index (χ1) is 12.5. The molecule has 2 aliphatic heterocycles. The van der Waals surface area contributed by atoms with E-state index >= 15 is 0 Å². The van der Waals surface area contributed by atoms with Crippen molar-refractivity contribution in [2.45, 2.75) is 18.9 Å². The topological polar surface area (TPSA) is 57.7 Å². The van der Waals surface area contributed by atoms with Crippen molar-refractivity contribution >= 4 is 35.4 Å². The van der Waals surface area contributed by atoms with E-state index in [1.165, 1.54) is 11.0 Å². The summed E-state index contributed by atoms with van der Waals surface area (Å²) in [5.41, 5.74) is 0.890. The van der Waals surface area contributed by atoms with Gasteiger partial charge in [-0.1, -0.05) is 35.9 Å². The number of hydrogen-bond acceptors (Lipinski definition) is 3. The summed E-state index contributed by atoms with van der Waals surface area (Å²) in [6.45, 7) is 0.822. The standard InChI is InChI=1S/C20H19ClN2O3/c21-14-8-5-13(6-9-14)7-10-18(24)22-11-15(12-22)23-19(25)16-3-1-2-4-17(16)20(23)26/h1-2,5-10,15-17H,3-4,11-12H2/b10-7+/t16-,17+. The van der Waals surface area contributed by atoms with Gasteiger partial charge in [-0.15, -0.1) is 0 Å². The minimum absolute atomic E-state index is 0.0712. The molecule has 0 unspecified atom stereocenters. The van der Waals surface area contributed by atoms with Gasteiger partial charge in [0, 0.05) is 24.2 Å². The fourth-order valence-electron chi connectivity index (χ4n) is 3.83. The highest BCUT2D eigenvalue weighted by atomic mass is 35.5. The third-order valence-electron chi connectivity index (χ3n) is 5.37. The molecule has 4 rings (SSSR count). The molecule has 0 N–H and O–H groups in total. The SMILES string of the molecule is O=C(/C=C/c1ccc(Cl)cc1)N1CC(N2C(=O)[C@H]3CC=CC[C@H]3C2=O)C1. The molecule has 26 heavy (non-hydrogen) atoms. The van der Waals surface area contributed by atoms with Crippen LogP contribution < -0.4 is 0 Å². The highest BCUT2D eigenvalue weighted by Crippen LogP contribution is 2.37. The lowest BCUT2D eigenvalue weighted by Gasteiger charge is -2.42. The summed E-state index contributed by atoms with van der Waals surface area (Å²) in [4.78, 5) is 40.4. The van der Waals surface area contributed by atoms with Crippen LogP contribution in [0.15, 0.2) is 42.5 Å². The van der Waals surface area contributed by atoms with Crippen LogP contribution in [0.1, 0.15) is 18.4 Å². The number of rotatable bonds is 3. The second kappa shape index (κ2) is 6.72. The van der Waals surface area contributed by atoms with Gasteiger partial charge in [0.05, 0.1) is 17.9 Å². The van der Waals surface area contributed by atoms with Crippen molar-refractivity contribution in [1.29, 1.82) is 0 Å². The van der Waals surface area contributed by atoms with Crippen LogP contribution in [0, 0.1) is 11.8 Å². The fraction of sp³-hybridized carbons (Fsp3) is 0.350. The van der Waals surface area contributed by atoms with E-state index in [1.807, 2.05) is 24.3 Å². The minimum Gasteiger partial charge on any atom is -0.335 e. The first-order valence-corrected chi connectivity index (χ1v) is 9.17. The molecule has 1 aliphatic carbocycles. The maximum absolute atomic E-state index is 12.5. The minimum atomic E-state index is -0.206. The highest BCUT2D eigenvalue weighted by molar-refractivity contribution is 6.30. The van der Waals surface area contributed by atoms with Gasteiger partial charge in [0.25, 0.3) is 0 Å². The van der Waals surface area contributed by atoms with Crippen molar-refractivity contribution < 1.29 is 14.4 Å². The molecule has 0 bridgehead atoms. The quantitative estimate of drug-likeness (QED) is 0.466. The van der Waals surface area contributed by atoms with Gasteiger partial charge in [-0.2, -0.15) is 0 Å². The van der Waals surface area contributed by atoms with Crippen LogP contribution in [0.4, 0.5) is 0 Å². The van der Waals surface area contributed by atoms with Crippen molar-refractivity contribution in [2.24, 2.45) is 11.8 Å². The second-order valence-corrected chi connectivity index (χ2v) is 7.42. The number of fused-ring (bicyclic) bond motifs is 1. The maximum atomic E-state index is 12.5. The smallest absolute Gasteiger partial charge is 0.246 e. The molecule has 2 atom stereocenters. The molecule has 0 aromatic heterocycles. The van der Waals surface area contributed by atoms with E-state index in [2.05, 4.69) is 0 Å². The Morgan fingerprint density at radius 3 is 2.15 bits per heavy atom. The molecule has 1 aromatic rings. The van der Waals surface area contributed by atoms with Gasteiger partial charge in [-0.05, 0) is 36.6 Å². The predicted molar refractivity (Wildman–Crippen MR) is 98.1 cm³/mol. The first kappa shape index (κ1) is 17.0. The van der Waals surface area contributed by atoms with Gasteiger partial charge < -0.3 is 4.90 Å². The van der Waals surface area contributed by atoms with E-state index < -0.39 is 0 Å².